The van der Waals surface area contributed by atoms with E-state index in [9.17, 15) is 0 Å². The molecule has 1 rings (SSSR count). The summed E-state index contributed by atoms with van der Waals surface area (Å²) in [6.07, 6.45) is 1.40. The van der Waals surface area contributed by atoms with Gasteiger partial charge in [0.25, 0.3) is 0 Å². The molecule has 0 aromatic carbocycles. The number of nitrogens with one attached hydrogen (secondary N) is 1. The molecule has 28 valence electrons. The predicted octanol–water partition coefficient (Wildman–Crippen LogP) is -1.45. The summed E-state index contributed by atoms with van der Waals surface area (Å²) in [5.41, 5.74) is 0. The average molecular weight is 110 g/mol. The van der Waals surface area contributed by atoms with Crippen molar-refractivity contribution in [1.29, 1.82) is 0 Å². The number of rotatable bonds is 0. The molecule has 0 unspecified atom stereocenters. The minimum atomic E-state index is 0. The molecule has 0 aliphatic rings. The van der Waals surface area contributed by atoms with Gasteiger partial charge in [-0.05, 0) is 10.4 Å². The van der Waals surface area contributed by atoms with Gasteiger partial charge in [0.1, 0.15) is 6.33 Å². The van der Waals surface area contributed by atoms with E-state index >= 15 is 0 Å². The molecule has 0 fully saturated rings. The number of aromatic amines is 1. The molecule has 4 nitrogen and oxygen atoms in total. The molecule has 0 aliphatic carbocycles. The summed E-state index contributed by atoms with van der Waals surface area (Å²) in [7, 11) is 0. The summed E-state index contributed by atoms with van der Waals surface area (Å²) in [5, 5.41) is 12.1. The first-order valence-corrected chi connectivity index (χ1v) is 1.17. The second-order valence-electron chi connectivity index (χ2n) is 0.563. The fourth-order valence-corrected chi connectivity index (χ4v) is 0.129. The van der Waals surface area contributed by atoms with Crippen LogP contribution in [0.3, 0.4) is 0 Å². The Morgan fingerprint density at radius 2 is 2.33 bits per heavy atom. The van der Waals surface area contributed by atoms with Crippen molar-refractivity contribution < 1.29 is 0 Å². The fourth-order valence-electron chi connectivity index (χ4n) is 0.129. The van der Waals surface area contributed by atoms with Crippen molar-refractivity contribution in [3.05, 3.63) is 6.33 Å². The summed E-state index contributed by atoms with van der Waals surface area (Å²) in [4.78, 5) is 0. The number of tetrazole rings is 1. The minimum absolute atomic E-state index is 0. The standard InChI is InChI=1S/CH2N4.K.H/c1-2-4-5-3-1;;/h1H,(H,2,3,4,5);;. The van der Waals surface area contributed by atoms with Gasteiger partial charge in [-0.25, -0.2) is 5.10 Å². The van der Waals surface area contributed by atoms with Gasteiger partial charge in [-0.1, -0.05) is 0 Å². The van der Waals surface area contributed by atoms with Crippen molar-refractivity contribution in [2.75, 3.05) is 0 Å². The molecule has 0 spiro atoms. The average Bonchev–Trinajstić information content (AvgIpc) is 1.76. The molecule has 0 amide bonds. The maximum atomic E-state index is 3.31. The SMILES string of the molecule is [KH].c1nnn[nH]1. The number of hydrogen-bond donors (Lipinski definition) is 1. The molecular formula is CH3KN4. The van der Waals surface area contributed by atoms with Crippen molar-refractivity contribution in [2.45, 2.75) is 0 Å². The summed E-state index contributed by atoms with van der Waals surface area (Å²) >= 11 is 0. The summed E-state index contributed by atoms with van der Waals surface area (Å²) in [6.45, 7) is 0. The largest absolute Gasteiger partial charge is 0.246 e. The second kappa shape index (κ2) is 3.88. The molecule has 1 heterocycles. The van der Waals surface area contributed by atoms with Gasteiger partial charge in [0.05, 0.1) is 0 Å². The van der Waals surface area contributed by atoms with Crippen LogP contribution in [0.15, 0.2) is 6.33 Å². The molecule has 1 N–H and O–H groups in total. The second-order valence-corrected chi connectivity index (χ2v) is 0.563. The van der Waals surface area contributed by atoms with Crippen LogP contribution in [-0.4, -0.2) is 72.0 Å². The van der Waals surface area contributed by atoms with Crippen LogP contribution in [0.5, 0.6) is 0 Å². The number of hydrogen-bond acceptors (Lipinski definition) is 3. The molecule has 1 aromatic heterocycles. The normalized spacial score (nSPS) is 6.67. The number of aromatic nitrogens is 4. The molecule has 6 heavy (non-hydrogen) atoms. The van der Waals surface area contributed by atoms with Crippen LogP contribution in [0, 0.1) is 0 Å². The number of nitrogens with zero attached hydrogens (tertiary/aromatic N) is 3. The predicted molar refractivity (Wildman–Crippen MR) is 21.3 cm³/mol. The third-order valence-electron chi connectivity index (χ3n) is 0.270. The van der Waals surface area contributed by atoms with Crippen LogP contribution in [0.25, 0.3) is 0 Å². The first-order chi connectivity index (χ1) is 2.50. The van der Waals surface area contributed by atoms with Gasteiger partial charge in [0.15, 0.2) is 0 Å². The summed E-state index contributed by atoms with van der Waals surface area (Å²) < 4.78 is 0. The zero-order valence-corrected chi connectivity index (χ0v) is 2.42. The first-order valence-electron chi connectivity index (χ1n) is 1.17. The third-order valence-corrected chi connectivity index (χ3v) is 0.270. The Kier molecular flexibility index (Phi) is 4.34. The van der Waals surface area contributed by atoms with E-state index < -0.39 is 0 Å². The van der Waals surface area contributed by atoms with Gasteiger partial charge in [-0.15, -0.1) is 5.10 Å². The number of H-pyrrole nitrogens is 1. The van der Waals surface area contributed by atoms with E-state index in [4.69, 9.17) is 0 Å². The van der Waals surface area contributed by atoms with E-state index in [0.29, 0.717) is 0 Å². The van der Waals surface area contributed by atoms with E-state index in [-0.39, 0.29) is 51.4 Å². The van der Waals surface area contributed by atoms with Gasteiger partial charge in [0.2, 0.25) is 0 Å². The van der Waals surface area contributed by atoms with Gasteiger partial charge < -0.3 is 0 Å². The van der Waals surface area contributed by atoms with Crippen molar-refractivity contribution in [3.63, 3.8) is 0 Å². The van der Waals surface area contributed by atoms with Gasteiger partial charge in [-0.2, -0.15) is 0 Å². The molecule has 5 heteroatoms. The maximum absolute atomic E-state index is 3.31. The van der Waals surface area contributed by atoms with Crippen LogP contribution in [0.1, 0.15) is 0 Å². The van der Waals surface area contributed by atoms with Crippen molar-refractivity contribution in [3.8, 4) is 0 Å². The van der Waals surface area contributed by atoms with Crippen molar-refractivity contribution in [2.24, 2.45) is 0 Å². The Morgan fingerprint density at radius 1 is 1.50 bits per heavy atom. The molecule has 0 saturated heterocycles. The Morgan fingerprint density at radius 3 is 2.50 bits per heavy atom. The molecule has 0 aliphatic heterocycles. The molecule has 0 atom stereocenters. The van der Waals surface area contributed by atoms with E-state index in [1.165, 1.54) is 6.33 Å². The molecule has 0 radical (unpaired) electrons. The summed E-state index contributed by atoms with van der Waals surface area (Å²) in [6, 6.07) is 0. The quantitative estimate of drug-likeness (QED) is 0.416. The topological polar surface area (TPSA) is 54.5 Å². The van der Waals surface area contributed by atoms with Crippen molar-refractivity contribution in [1.82, 2.24) is 20.6 Å². The Hall–Kier alpha value is 0.706. The minimum Gasteiger partial charge on any atom is -0.246 e. The van der Waals surface area contributed by atoms with Gasteiger partial charge >= 0.3 is 51.4 Å². The van der Waals surface area contributed by atoms with Crippen LogP contribution in [0.2, 0.25) is 0 Å². The Labute approximate surface area is 77.1 Å². The molecular weight excluding hydrogens is 107 g/mol. The summed E-state index contributed by atoms with van der Waals surface area (Å²) in [5.74, 6) is 0. The van der Waals surface area contributed by atoms with E-state index in [0.717, 1.165) is 0 Å². The smallest absolute Gasteiger partial charge is 0.135 e. The van der Waals surface area contributed by atoms with E-state index in [2.05, 4.69) is 20.6 Å². The molecule has 0 bridgehead atoms. The molecule has 1 aromatic rings. The third kappa shape index (κ3) is 1.99. The van der Waals surface area contributed by atoms with Crippen LogP contribution >= 0.6 is 0 Å². The molecule has 0 saturated carbocycles. The van der Waals surface area contributed by atoms with Gasteiger partial charge in [-0.3, -0.25) is 0 Å². The van der Waals surface area contributed by atoms with E-state index in [1.54, 1.807) is 0 Å². The maximum Gasteiger partial charge on any atom is 0.135 e. The Bertz CT molecular complexity index is 64.0. The first kappa shape index (κ1) is 6.71. The van der Waals surface area contributed by atoms with Crippen LogP contribution < -0.4 is 0 Å². The van der Waals surface area contributed by atoms with Crippen molar-refractivity contribution >= 4 is 51.4 Å². The zero-order valence-electron chi connectivity index (χ0n) is 2.42. The van der Waals surface area contributed by atoms with Crippen LogP contribution in [-0.2, 0) is 0 Å². The zero-order chi connectivity index (χ0) is 3.54. The van der Waals surface area contributed by atoms with Crippen LogP contribution in [0.4, 0.5) is 0 Å². The van der Waals surface area contributed by atoms with Gasteiger partial charge in [0, 0.05) is 0 Å². The Balaban J connectivity index is 0.000000250. The van der Waals surface area contributed by atoms with E-state index in [1.807, 2.05) is 0 Å². The monoisotopic (exact) mass is 110 g/mol. The fraction of sp³-hybridized carbons (Fsp3) is 0.